The van der Waals surface area contributed by atoms with Crippen LogP contribution in [-0.4, -0.2) is 27.6 Å². The molecule has 0 fully saturated rings. The molecule has 80 valence electrons. The van der Waals surface area contributed by atoms with Gasteiger partial charge in [-0.15, -0.1) is 0 Å². The zero-order chi connectivity index (χ0) is 11.4. The third-order valence-corrected chi connectivity index (χ3v) is 1.57. The largest absolute Gasteiger partial charge is 0.500 e. The number of aromatic hydroxyl groups is 1. The first-order valence-electron chi connectivity index (χ1n) is 4.07. The van der Waals surface area contributed by atoms with Crippen LogP contribution >= 0.6 is 0 Å². The predicted octanol–water partition coefficient (Wildman–Crippen LogP) is 0.872. The lowest BCUT2D eigenvalue weighted by atomic mass is 10.2. The Morgan fingerprint density at radius 3 is 2.93 bits per heavy atom. The van der Waals surface area contributed by atoms with Crippen molar-refractivity contribution in [3.63, 3.8) is 0 Å². The molecule has 1 aromatic heterocycles. The number of hydrogen-bond acceptors (Lipinski definition) is 6. The molecule has 0 aliphatic rings. The molecule has 0 aromatic carbocycles. The monoisotopic (exact) mass is 212 g/mol. The maximum atomic E-state index is 11.2. The average Bonchev–Trinajstić information content (AvgIpc) is 2.17. The first-order valence-corrected chi connectivity index (χ1v) is 4.07. The smallest absolute Gasteiger partial charge is 0.406 e. The highest BCUT2D eigenvalue weighted by atomic mass is 16.6. The number of nitro groups is 1. The summed E-state index contributed by atoms with van der Waals surface area (Å²) in [4.78, 5) is 24.0. The number of carbonyl (C=O) groups excluding carboxylic acids is 1. The summed E-state index contributed by atoms with van der Waals surface area (Å²) < 4.78 is 4.59. The Bertz CT molecular complexity index is 404. The van der Waals surface area contributed by atoms with E-state index >= 15 is 0 Å². The van der Waals surface area contributed by atoms with Gasteiger partial charge in [-0.05, 0) is 16.8 Å². The van der Waals surface area contributed by atoms with E-state index in [2.05, 4.69) is 9.72 Å². The molecule has 15 heavy (non-hydrogen) atoms. The number of nitrogens with zero attached hydrogens (tertiary/aromatic N) is 2. The predicted molar refractivity (Wildman–Crippen MR) is 48.5 cm³/mol. The molecule has 7 heteroatoms. The molecular weight excluding hydrogens is 204 g/mol. The molecule has 1 N–H and O–H groups in total. The second-order valence-electron chi connectivity index (χ2n) is 2.51. The summed E-state index contributed by atoms with van der Waals surface area (Å²) in [5, 5.41) is 19.7. The number of pyridine rings is 1. The molecule has 0 aliphatic carbocycles. The Balaban J connectivity index is 3.15. The summed E-state index contributed by atoms with van der Waals surface area (Å²) in [7, 11) is 0. The van der Waals surface area contributed by atoms with Gasteiger partial charge in [0.05, 0.1) is 6.61 Å². The Morgan fingerprint density at radius 2 is 2.40 bits per heavy atom. The quantitative estimate of drug-likeness (QED) is 0.453. The highest BCUT2D eigenvalue weighted by Gasteiger charge is 2.23. The Hall–Kier alpha value is -2.18. The van der Waals surface area contributed by atoms with Gasteiger partial charge in [0.15, 0.2) is 0 Å². The average molecular weight is 212 g/mol. The van der Waals surface area contributed by atoms with Crippen molar-refractivity contribution in [2.24, 2.45) is 0 Å². The van der Waals surface area contributed by atoms with Gasteiger partial charge in [-0.25, -0.2) is 4.79 Å². The van der Waals surface area contributed by atoms with Crippen LogP contribution in [-0.2, 0) is 4.74 Å². The fraction of sp³-hybridized carbons (Fsp3) is 0.250. The summed E-state index contributed by atoms with van der Waals surface area (Å²) >= 11 is 0. The van der Waals surface area contributed by atoms with Gasteiger partial charge in [0.2, 0.25) is 5.75 Å². The van der Waals surface area contributed by atoms with Crippen molar-refractivity contribution in [2.75, 3.05) is 6.61 Å². The van der Waals surface area contributed by atoms with E-state index in [1.807, 2.05) is 0 Å². The molecule has 0 unspecified atom stereocenters. The molecule has 7 nitrogen and oxygen atoms in total. The lowest BCUT2D eigenvalue weighted by Crippen LogP contribution is -2.06. The van der Waals surface area contributed by atoms with Gasteiger partial charge in [0, 0.05) is 6.07 Å². The second-order valence-corrected chi connectivity index (χ2v) is 2.51. The van der Waals surface area contributed by atoms with Crippen LogP contribution in [0.5, 0.6) is 5.75 Å². The third-order valence-electron chi connectivity index (χ3n) is 1.57. The van der Waals surface area contributed by atoms with Crippen molar-refractivity contribution in [3.05, 3.63) is 27.9 Å². The molecule has 1 aromatic rings. The first kappa shape index (κ1) is 10.9. The van der Waals surface area contributed by atoms with E-state index in [4.69, 9.17) is 0 Å². The minimum atomic E-state index is -0.877. The summed E-state index contributed by atoms with van der Waals surface area (Å²) in [5.74, 6) is -2.36. The van der Waals surface area contributed by atoms with Crippen molar-refractivity contribution < 1.29 is 19.6 Å². The van der Waals surface area contributed by atoms with Crippen LogP contribution in [0.15, 0.2) is 12.3 Å². The first-order chi connectivity index (χ1) is 7.07. The number of aromatic nitrogens is 1. The minimum Gasteiger partial charge on any atom is -0.500 e. The van der Waals surface area contributed by atoms with Crippen molar-refractivity contribution in [3.8, 4) is 5.75 Å². The molecule has 0 saturated carbocycles. The van der Waals surface area contributed by atoms with E-state index in [1.54, 1.807) is 6.92 Å². The molecule has 0 spiro atoms. The normalized spacial score (nSPS) is 9.67. The van der Waals surface area contributed by atoms with Crippen molar-refractivity contribution in [2.45, 2.75) is 6.92 Å². The van der Waals surface area contributed by atoms with Gasteiger partial charge in [0.1, 0.15) is 11.8 Å². The molecule has 0 bridgehead atoms. The van der Waals surface area contributed by atoms with Crippen molar-refractivity contribution >= 4 is 11.8 Å². The zero-order valence-electron chi connectivity index (χ0n) is 7.84. The summed E-state index contributed by atoms with van der Waals surface area (Å²) in [5.41, 5.74) is -0.265. The number of carbonyl (C=O) groups is 1. The van der Waals surface area contributed by atoms with Crippen LogP contribution in [0.4, 0.5) is 5.82 Å². The van der Waals surface area contributed by atoms with Gasteiger partial charge < -0.3 is 20.0 Å². The molecule has 0 amide bonds. The summed E-state index contributed by atoms with van der Waals surface area (Å²) in [6.45, 7) is 1.71. The van der Waals surface area contributed by atoms with Crippen molar-refractivity contribution in [1.82, 2.24) is 4.98 Å². The molecule has 0 saturated heterocycles. The van der Waals surface area contributed by atoms with Gasteiger partial charge in [-0.1, -0.05) is 0 Å². The molecule has 1 rings (SSSR count). The number of hydrogen-bond donors (Lipinski definition) is 1. The standard InChI is InChI=1S/C8H8N2O5/c1-2-15-8(12)5-3-4-9-7(6(5)11)10(13)14/h3-4,11H,2H2,1H3. The van der Waals surface area contributed by atoms with Gasteiger partial charge in [-0.3, -0.25) is 0 Å². The minimum absolute atomic E-state index is 0.119. The Morgan fingerprint density at radius 1 is 1.73 bits per heavy atom. The highest BCUT2D eigenvalue weighted by Crippen LogP contribution is 2.26. The fourth-order valence-electron chi connectivity index (χ4n) is 0.950. The SMILES string of the molecule is CCOC(=O)c1ccnc([N+](=O)[O-])c1O. The third kappa shape index (κ3) is 2.19. The van der Waals surface area contributed by atoms with E-state index in [0.29, 0.717) is 0 Å². The van der Waals surface area contributed by atoms with Crippen molar-refractivity contribution in [1.29, 1.82) is 0 Å². The van der Waals surface area contributed by atoms with Gasteiger partial charge in [0.25, 0.3) is 0 Å². The summed E-state index contributed by atoms with van der Waals surface area (Å²) in [6, 6.07) is 1.15. The number of ether oxygens (including phenoxy) is 1. The Labute approximate surface area is 84.5 Å². The lowest BCUT2D eigenvalue weighted by molar-refractivity contribution is -0.390. The van der Waals surface area contributed by atoms with Crippen LogP contribution in [0.1, 0.15) is 17.3 Å². The maximum absolute atomic E-state index is 11.2. The van der Waals surface area contributed by atoms with E-state index in [1.165, 1.54) is 0 Å². The lowest BCUT2D eigenvalue weighted by Gasteiger charge is -2.02. The molecular formula is C8H8N2O5. The second kappa shape index (κ2) is 4.36. The molecule has 0 aliphatic heterocycles. The van der Waals surface area contributed by atoms with E-state index in [0.717, 1.165) is 12.3 Å². The van der Waals surface area contributed by atoms with Crippen LogP contribution in [0.25, 0.3) is 0 Å². The van der Waals surface area contributed by atoms with Crippen LogP contribution < -0.4 is 0 Å². The van der Waals surface area contributed by atoms with E-state index in [9.17, 15) is 20.0 Å². The maximum Gasteiger partial charge on any atom is 0.406 e. The summed E-state index contributed by atoms with van der Waals surface area (Å²) in [6.07, 6.45) is 1.06. The van der Waals surface area contributed by atoms with Crippen LogP contribution in [0, 0.1) is 10.1 Å². The van der Waals surface area contributed by atoms with E-state index < -0.39 is 22.5 Å². The fourth-order valence-corrected chi connectivity index (χ4v) is 0.950. The molecule has 0 radical (unpaired) electrons. The highest BCUT2D eigenvalue weighted by molar-refractivity contribution is 5.93. The topological polar surface area (TPSA) is 103 Å². The van der Waals surface area contributed by atoms with Crippen LogP contribution in [0.3, 0.4) is 0 Å². The van der Waals surface area contributed by atoms with Crippen LogP contribution in [0.2, 0.25) is 0 Å². The van der Waals surface area contributed by atoms with Gasteiger partial charge in [-0.2, -0.15) is 0 Å². The Kier molecular flexibility index (Phi) is 3.17. The van der Waals surface area contributed by atoms with E-state index in [-0.39, 0.29) is 12.2 Å². The number of rotatable bonds is 3. The molecule has 1 heterocycles. The number of esters is 1. The zero-order valence-corrected chi connectivity index (χ0v) is 7.84. The van der Waals surface area contributed by atoms with Gasteiger partial charge >= 0.3 is 11.8 Å². The molecule has 0 atom stereocenters.